The van der Waals surface area contributed by atoms with Crippen molar-refractivity contribution >= 4 is 29.1 Å². The summed E-state index contributed by atoms with van der Waals surface area (Å²) in [5, 5.41) is 6.49. The monoisotopic (exact) mass is 401 g/mol. The van der Waals surface area contributed by atoms with Crippen LogP contribution in [0.1, 0.15) is 35.2 Å². The molecule has 2 rings (SSSR count). The van der Waals surface area contributed by atoms with Crippen LogP contribution in [0.15, 0.2) is 36.4 Å². The Balaban J connectivity index is 1.87. The zero-order valence-corrected chi connectivity index (χ0v) is 17.9. The van der Waals surface area contributed by atoms with Gasteiger partial charge in [0, 0.05) is 10.7 Å². The van der Waals surface area contributed by atoms with Crippen LogP contribution in [0, 0.1) is 20.8 Å². The number of nitrogens with zero attached hydrogens (tertiary/aromatic N) is 1. The Hall–Kier alpha value is -2.37. The number of amides is 2. The zero-order valence-electron chi connectivity index (χ0n) is 17.1. The van der Waals surface area contributed by atoms with Crippen molar-refractivity contribution in [3.8, 4) is 0 Å². The van der Waals surface area contributed by atoms with Crippen LogP contribution in [0.5, 0.6) is 0 Å². The Morgan fingerprint density at radius 1 is 1.04 bits per heavy atom. The van der Waals surface area contributed by atoms with Gasteiger partial charge in [0.25, 0.3) is 0 Å². The van der Waals surface area contributed by atoms with E-state index in [1.807, 2.05) is 58.0 Å². The fourth-order valence-electron chi connectivity index (χ4n) is 3.29. The number of nitrogens with one attached hydrogen (secondary N) is 2. The Morgan fingerprint density at radius 3 is 2.21 bits per heavy atom. The molecule has 2 amide bonds. The molecule has 0 spiro atoms. The van der Waals surface area contributed by atoms with Crippen molar-refractivity contribution in [2.45, 2.75) is 33.7 Å². The molecule has 0 fully saturated rings. The van der Waals surface area contributed by atoms with E-state index in [1.54, 1.807) is 18.0 Å². The van der Waals surface area contributed by atoms with Gasteiger partial charge >= 0.3 is 0 Å². The number of hydrogen-bond donors (Lipinski definition) is 2. The average molecular weight is 402 g/mol. The summed E-state index contributed by atoms with van der Waals surface area (Å²) < 4.78 is 0. The summed E-state index contributed by atoms with van der Waals surface area (Å²) in [5.41, 5.74) is 4.91. The number of carbonyl (C=O) groups excluding carboxylic acids is 2. The van der Waals surface area contributed by atoms with E-state index >= 15 is 0 Å². The number of anilines is 1. The maximum atomic E-state index is 12.4. The molecule has 0 bridgehead atoms. The van der Waals surface area contributed by atoms with Crippen LogP contribution < -0.4 is 10.6 Å². The van der Waals surface area contributed by atoms with Crippen LogP contribution in [0.4, 0.5) is 5.69 Å². The predicted octanol–water partition coefficient (Wildman–Crippen LogP) is 4.01. The smallest absolute Gasteiger partial charge is 0.238 e. The number of halogens is 1. The van der Waals surface area contributed by atoms with Gasteiger partial charge in [0.1, 0.15) is 0 Å². The van der Waals surface area contributed by atoms with Crippen molar-refractivity contribution in [2.75, 3.05) is 25.5 Å². The van der Waals surface area contributed by atoms with Gasteiger partial charge in [-0.15, -0.1) is 0 Å². The third-order valence-electron chi connectivity index (χ3n) is 4.52. The van der Waals surface area contributed by atoms with Gasteiger partial charge < -0.3 is 10.6 Å². The minimum absolute atomic E-state index is 0.119. The molecular weight excluding hydrogens is 374 g/mol. The third-order valence-corrected chi connectivity index (χ3v) is 4.86. The molecule has 6 heteroatoms. The highest BCUT2D eigenvalue weighted by molar-refractivity contribution is 6.31. The van der Waals surface area contributed by atoms with Crippen molar-refractivity contribution < 1.29 is 9.59 Å². The van der Waals surface area contributed by atoms with Crippen molar-refractivity contribution in [1.82, 2.24) is 10.2 Å². The van der Waals surface area contributed by atoms with E-state index in [2.05, 4.69) is 10.6 Å². The quantitative estimate of drug-likeness (QED) is 0.736. The molecule has 0 saturated heterocycles. The van der Waals surface area contributed by atoms with E-state index in [0.717, 1.165) is 27.9 Å². The van der Waals surface area contributed by atoms with E-state index in [-0.39, 0.29) is 30.9 Å². The first-order chi connectivity index (χ1) is 13.2. The van der Waals surface area contributed by atoms with Gasteiger partial charge in [0.05, 0.1) is 19.1 Å². The summed E-state index contributed by atoms with van der Waals surface area (Å²) >= 11 is 6.17. The minimum Gasteiger partial charge on any atom is -0.348 e. The first-order valence-corrected chi connectivity index (χ1v) is 9.65. The van der Waals surface area contributed by atoms with E-state index in [9.17, 15) is 9.59 Å². The normalized spacial score (nSPS) is 12.0. The van der Waals surface area contributed by atoms with Gasteiger partial charge in [-0.05, 0) is 57.5 Å². The fraction of sp³-hybridized carbons (Fsp3) is 0.364. The molecule has 0 radical (unpaired) electrons. The Morgan fingerprint density at radius 2 is 1.61 bits per heavy atom. The molecule has 0 aromatic heterocycles. The molecule has 150 valence electrons. The first kappa shape index (κ1) is 21.9. The maximum Gasteiger partial charge on any atom is 0.238 e. The summed E-state index contributed by atoms with van der Waals surface area (Å²) in [6.45, 7) is 8.11. The lowest BCUT2D eigenvalue weighted by molar-refractivity contribution is -0.123. The standard InChI is InChI=1S/C22H28ClN3O2/c1-14-10-15(2)22(16(3)11-14)25-21(28)13-26(5)12-20(27)24-17(4)18-8-6-7-9-19(18)23/h6-11,17H,12-13H2,1-5H3,(H,24,27)(H,25,28)/t17-/m0/s1. The van der Waals surface area contributed by atoms with E-state index < -0.39 is 0 Å². The molecule has 2 aromatic rings. The molecule has 2 N–H and O–H groups in total. The summed E-state index contributed by atoms with van der Waals surface area (Å²) in [7, 11) is 1.74. The minimum atomic E-state index is -0.207. The topological polar surface area (TPSA) is 61.4 Å². The molecule has 0 saturated carbocycles. The van der Waals surface area contributed by atoms with Gasteiger partial charge in [-0.25, -0.2) is 0 Å². The number of likely N-dealkylation sites (N-methyl/N-ethyl adjacent to an activating group) is 1. The largest absolute Gasteiger partial charge is 0.348 e. The number of carbonyl (C=O) groups is 2. The SMILES string of the molecule is Cc1cc(C)c(NC(=O)CN(C)CC(=O)N[C@@H](C)c2ccccc2Cl)c(C)c1. The molecule has 0 aliphatic heterocycles. The number of hydrogen-bond acceptors (Lipinski definition) is 3. The Bertz CT molecular complexity index is 844. The molecule has 0 heterocycles. The molecular formula is C22H28ClN3O2. The predicted molar refractivity (Wildman–Crippen MR) is 115 cm³/mol. The highest BCUT2D eigenvalue weighted by Crippen LogP contribution is 2.22. The van der Waals surface area contributed by atoms with E-state index in [4.69, 9.17) is 11.6 Å². The highest BCUT2D eigenvalue weighted by Gasteiger charge is 2.16. The zero-order chi connectivity index (χ0) is 20.8. The number of aryl methyl sites for hydroxylation is 3. The van der Waals surface area contributed by atoms with Crippen LogP contribution >= 0.6 is 11.6 Å². The lowest BCUT2D eigenvalue weighted by atomic mass is 10.1. The van der Waals surface area contributed by atoms with Gasteiger partial charge in [0.15, 0.2) is 0 Å². The fourth-order valence-corrected chi connectivity index (χ4v) is 3.59. The van der Waals surface area contributed by atoms with Crippen LogP contribution in [-0.4, -0.2) is 36.9 Å². The van der Waals surface area contributed by atoms with E-state index in [1.165, 1.54) is 0 Å². The van der Waals surface area contributed by atoms with Gasteiger partial charge in [-0.1, -0.05) is 47.5 Å². The van der Waals surface area contributed by atoms with Crippen molar-refractivity contribution in [3.05, 3.63) is 63.7 Å². The van der Waals surface area contributed by atoms with Crippen LogP contribution in [0.25, 0.3) is 0 Å². The number of rotatable bonds is 7. The molecule has 0 aliphatic rings. The van der Waals surface area contributed by atoms with Crippen molar-refractivity contribution in [1.29, 1.82) is 0 Å². The summed E-state index contributed by atoms with van der Waals surface area (Å²) in [6, 6.07) is 11.3. The number of benzene rings is 2. The van der Waals surface area contributed by atoms with Gasteiger partial charge in [-0.3, -0.25) is 14.5 Å². The van der Waals surface area contributed by atoms with E-state index in [0.29, 0.717) is 5.02 Å². The summed E-state index contributed by atoms with van der Waals surface area (Å²) in [5.74, 6) is -0.310. The molecule has 0 unspecified atom stereocenters. The lowest BCUT2D eigenvalue weighted by Gasteiger charge is -2.20. The summed E-state index contributed by atoms with van der Waals surface area (Å²) in [4.78, 5) is 26.4. The highest BCUT2D eigenvalue weighted by atomic mass is 35.5. The second-order valence-corrected chi connectivity index (χ2v) is 7.71. The average Bonchev–Trinajstić information content (AvgIpc) is 2.58. The van der Waals surface area contributed by atoms with Crippen molar-refractivity contribution in [3.63, 3.8) is 0 Å². The van der Waals surface area contributed by atoms with Crippen molar-refractivity contribution in [2.24, 2.45) is 0 Å². The molecule has 1 atom stereocenters. The second kappa shape index (κ2) is 9.71. The third kappa shape index (κ3) is 6.08. The van der Waals surface area contributed by atoms with Crippen LogP contribution in [0.3, 0.4) is 0 Å². The molecule has 5 nitrogen and oxygen atoms in total. The summed E-state index contributed by atoms with van der Waals surface area (Å²) in [6.07, 6.45) is 0. The lowest BCUT2D eigenvalue weighted by Crippen LogP contribution is -2.39. The Kier molecular flexibility index (Phi) is 7.61. The molecule has 28 heavy (non-hydrogen) atoms. The molecule has 0 aliphatic carbocycles. The Labute approximate surface area is 172 Å². The first-order valence-electron chi connectivity index (χ1n) is 9.27. The maximum absolute atomic E-state index is 12.4. The van der Waals surface area contributed by atoms with Gasteiger partial charge in [0.2, 0.25) is 11.8 Å². The second-order valence-electron chi connectivity index (χ2n) is 7.30. The van der Waals surface area contributed by atoms with Crippen LogP contribution in [-0.2, 0) is 9.59 Å². The molecule has 2 aromatic carbocycles. The van der Waals surface area contributed by atoms with Crippen LogP contribution in [0.2, 0.25) is 5.02 Å². The van der Waals surface area contributed by atoms with Gasteiger partial charge in [-0.2, -0.15) is 0 Å².